The van der Waals surface area contributed by atoms with Crippen molar-refractivity contribution in [1.29, 1.82) is 0 Å². The van der Waals surface area contributed by atoms with Crippen LogP contribution in [-0.2, 0) is 0 Å². The highest BCUT2D eigenvalue weighted by Crippen LogP contribution is 2.36. The largest absolute Gasteiger partial charge is 0.309 e. The lowest BCUT2D eigenvalue weighted by Crippen LogP contribution is -2.12. The zero-order chi connectivity index (χ0) is 21.5. The van der Waals surface area contributed by atoms with E-state index in [0.29, 0.717) is 11.2 Å². The van der Waals surface area contributed by atoms with Crippen molar-refractivity contribution >= 4 is 44.7 Å². The summed E-state index contributed by atoms with van der Waals surface area (Å²) >= 11 is 4.65. The van der Waals surface area contributed by atoms with E-state index in [1.807, 2.05) is 34.4 Å². The van der Waals surface area contributed by atoms with Crippen LogP contribution in [0.2, 0.25) is 0 Å². The van der Waals surface area contributed by atoms with Gasteiger partial charge in [0, 0.05) is 15.8 Å². The van der Waals surface area contributed by atoms with Crippen molar-refractivity contribution in [2.24, 2.45) is 0 Å². The molecule has 4 aromatic heterocycles. The maximum Gasteiger partial charge on any atom is 0.260 e. The van der Waals surface area contributed by atoms with Crippen LogP contribution >= 0.6 is 34.4 Å². The number of thioether (sulfide) groups is 1. The van der Waals surface area contributed by atoms with Gasteiger partial charge < -0.3 is 4.98 Å². The molecule has 5 rings (SSSR count). The Morgan fingerprint density at radius 1 is 1.19 bits per heavy atom. The molecule has 9 heteroatoms. The van der Waals surface area contributed by atoms with Gasteiger partial charge in [0.2, 0.25) is 0 Å². The lowest BCUT2D eigenvalue weighted by Gasteiger charge is -2.13. The topological polar surface area (TPSA) is 76.5 Å². The van der Waals surface area contributed by atoms with Gasteiger partial charge in [0.05, 0.1) is 16.3 Å². The monoisotopic (exact) mass is 465 g/mol. The molecule has 0 saturated carbocycles. The van der Waals surface area contributed by atoms with E-state index in [1.165, 1.54) is 28.7 Å². The molecule has 5 aromatic rings. The minimum Gasteiger partial charge on any atom is -0.309 e. The Morgan fingerprint density at radius 3 is 2.84 bits per heavy atom. The number of aryl methyl sites for hydroxylation is 2. The molecule has 0 aliphatic heterocycles. The van der Waals surface area contributed by atoms with Gasteiger partial charge >= 0.3 is 0 Å². The lowest BCUT2D eigenvalue weighted by molar-refractivity contribution is 0.857. The predicted molar refractivity (Wildman–Crippen MR) is 129 cm³/mol. The van der Waals surface area contributed by atoms with Crippen molar-refractivity contribution in [2.45, 2.75) is 31.2 Å². The average molecular weight is 466 g/mol. The second-order valence-electron chi connectivity index (χ2n) is 7.29. The van der Waals surface area contributed by atoms with Crippen LogP contribution in [0.1, 0.15) is 29.1 Å². The number of thiophene rings is 2. The molecule has 4 heterocycles. The number of hydrogen-bond acceptors (Lipinski definition) is 7. The molecular weight excluding hydrogens is 446 g/mol. The van der Waals surface area contributed by atoms with Crippen molar-refractivity contribution in [3.05, 3.63) is 74.7 Å². The first-order valence-electron chi connectivity index (χ1n) is 9.71. The van der Waals surface area contributed by atoms with E-state index in [0.717, 1.165) is 31.7 Å². The number of fused-ring (bicyclic) bond motifs is 1. The molecule has 0 amide bonds. The SMILES string of the molecule is Cc1ccc(-n2cnnc2SC(C)c2nc3scc(-c4cccs4)c3c(=O)[nH]2)c(C)c1. The minimum absolute atomic E-state index is 0.0990. The normalized spacial score (nSPS) is 12.5. The second-order valence-corrected chi connectivity index (χ2v) is 10.4. The lowest BCUT2D eigenvalue weighted by atomic mass is 10.1. The van der Waals surface area contributed by atoms with Crippen LogP contribution in [0, 0.1) is 13.8 Å². The highest BCUT2D eigenvalue weighted by atomic mass is 32.2. The number of hydrogen-bond donors (Lipinski definition) is 1. The molecule has 31 heavy (non-hydrogen) atoms. The highest BCUT2D eigenvalue weighted by molar-refractivity contribution is 7.99. The molecule has 1 aromatic carbocycles. The summed E-state index contributed by atoms with van der Waals surface area (Å²) in [6.45, 7) is 6.17. The first-order chi connectivity index (χ1) is 15.0. The van der Waals surface area contributed by atoms with Gasteiger partial charge in [-0.1, -0.05) is 35.5 Å². The predicted octanol–water partition coefficient (Wildman–Crippen LogP) is 5.76. The average Bonchev–Trinajstić information content (AvgIpc) is 3.48. The number of aromatic amines is 1. The number of benzene rings is 1. The van der Waals surface area contributed by atoms with Gasteiger partial charge in [0.25, 0.3) is 5.56 Å². The van der Waals surface area contributed by atoms with Gasteiger partial charge in [0.15, 0.2) is 5.16 Å². The summed E-state index contributed by atoms with van der Waals surface area (Å²) in [5.41, 5.74) is 4.26. The third-order valence-electron chi connectivity index (χ3n) is 5.04. The fourth-order valence-corrected chi connectivity index (χ4v) is 6.19. The number of H-pyrrole nitrogens is 1. The summed E-state index contributed by atoms with van der Waals surface area (Å²) < 4.78 is 1.98. The number of aromatic nitrogens is 5. The van der Waals surface area contributed by atoms with Crippen LogP contribution in [0.3, 0.4) is 0 Å². The Bertz CT molecular complexity index is 1430. The third-order valence-corrected chi connectivity index (χ3v) is 7.89. The van der Waals surface area contributed by atoms with E-state index < -0.39 is 0 Å². The molecule has 0 fully saturated rings. The molecule has 0 saturated heterocycles. The van der Waals surface area contributed by atoms with Crippen molar-refractivity contribution < 1.29 is 0 Å². The third kappa shape index (κ3) is 3.73. The van der Waals surface area contributed by atoms with Crippen LogP contribution in [0.5, 0.6) is 0 Å². The first-order valence-corrected chi connectivity index (χ1v) is 12.3. The Hall–Kier alpha value is -2.75. The summed E-state index contributed by atoms with van der Waals surface area (Å²) in [7, 11) is 0. The van der Waals surface area contributed by atoms with E-state index in [2.05, 4.69) is 47.2 Å². The highest BCUT2D eigenvalue weighted by Gasteiger charge is 2.19. The number of nitrogens with one attached hydrogen (secondary N) is 1. The number of rotatable bonds is 5. The van der Waals surface area contributed by atoms with Gasteiger partial charge in [-0.05, 0) is 43.8 Å². The summed E-state index contributed by atoms with van der Waals surface area (Å²) in [4.78, 5) is 22.5. The summed E-state index contributed by atoms with van der Waals surface area (Å²) in [5, 5.41) is 13.8. The molecule has 6 nitrogen and oxygen atoms in total. The molecule has 0 radical (unpaired) electrons. The zero-order valence-corrected chi connectivity index (χ0v) is 19.6. The zero-order valence-electron chi connectivity index (χ0n) is 17.1. The van der Waals surface area contributed by atoms with E-state index >= 15 is 0 Å². The van der Waals surface area contributed by atoms with Crippen molar-refractivity contribution in [3.63, 3.8) is 0 Å². The molecule has 1 atom stereocenters. The fraction of sp³-hybridized carbons (Fsp3) is 0.182. The molecule has 1 unspecified atom stereocenters. The standard InChI is InChI=1S/C22H19N5OS3/c1-12-6-7-16(13(2)9-12)27-11-23-26-22(27)31-14(3)19-24-20(28)18-15(10-30-21(18)25-19)17-5-4-8-29-17/h4-11,14H,1-3H3,(H,24,25,28). The maximum absolute atomic E-state index is 12.9. The van der Waals surface area contributed by atoms with Crippen LogP contribution in [0.15, 0.2) is 57.4 Å². The summed E-state index contributed by atoms with van der Waals surface area (Å²) in [6.07, 6.45) is 1.72. The van der Waals surface area contributed by atoms with Gasteiger partial charge in [-0.3, -0.25) is 9.36 Å². The molecule has 1 N–H and O–H groups in total. The van der Waals surface area contributed by atoms with Gasteiger partial charge in [-0.15, -0.1) is 32.9 Å². The van der Waals surface area contributed by atoms with Gasteiger partial charge in [-0.2, -0.15) is 0 Å². The molecule has 0 aliphatic carbocycles. The minimum atomic E-state index is -0.104. The Kier molecular flexibility index (Phi) is 5.25. The van der Waals surface area contributed by atoms with Crippen molar-refractivity contribution in [3.8, 4) is 16.1 Å². The van der Waals surface area contributed by atoms with Crippen LogP contribution in [0.25, 0.3) is 26.3 Å². The first kappa shape index (κ1) is 20.2. The maximum atomic E-state index is 12.9. The Morgan fingerprint density at radius 2 is 2.06 bits per heavy atom. The second kappa shape index (κ2) is 8.07. The molecular formula is C22H19N5OS3. The van der Waals surface area contributed by atoms with Crippen LogP contribution in [-0.4, -0.2) is 24.7 Å². The van der Waals surface area contributed by atoms with Gasteiger partial charge in [-0.25, -0.2) is 4.98 Å². The van der Waals surface area contributed by atoms with E-state index in [4.69, 9.17) is 4.98 Å². The van der Waals surface area contributed by atoms with Crippen LogP contribution < -0.4 is 5.56 Å². The molecule has 0 bridgehead atoms. The molecule has 156 valence electrons. The molecule has 0 aliphatic rings. The smallest absolute Gasteiger partial charge is 0.260 e. The molecule has 0 spiro atoms. The van der Waals surface area contributed by atoms with E-state index in [9.17, 15) is 4.79 Å². The van der Waals surface area contributed by atoms with Crippen LogP contribution in [0.4, 0.5) is 0 Å². The van der Waals surface area contributed by atoms with Crippen molar-refractivity contribution in [2.75, 3.05) is 0 Å². The Balaban J connectivity index is 1.48. The fourth-order valence-electron chi connectivity index (χ4n) is 3.53. The summed E-state index contributed by atoms with van der Waals surface area (Å²) in [5.74, 6) is 0.636. The van der Waals surface area contributed by atoms with E-state index in [-0.39, 0.29) is 10.8 Å². The quantitative estimate of drug-likeness (QED) is 0.334. The van der Waals surface area contributed by atoms with Gasteiger partial charge in [0.1, 0.15) is 17.0 Å². The van der Waals surface area contributed by atoms with E-state index in [1.54, 1.807) is 17.7 Å². The Labute approximate surface area is 191 Å². The summed E-state index contributed by atoms with van der Waals surface area (Å²) in [6, 6.07) is 10.3. The van der Waals surface area contributed by atoms with Crippen molar-refractivity contribution in [1.82, 2.24) is 24.7 Å². The number of nitrogens with zero attached hydrogens (tertiary/aromatic N) is 4.